The number of aryl methyl sites for hydroxylation is 2. The topological polar surface area (TPSA) is 67.2 Å². The Balaban J connectivity index is 2.00. The van der Waals surface area contributed by atoms with Crippen LogP contribution in [0.4, 0.5) is 10.6 Å². The average Bonchev–Trinajstić information content (AvgIpc) is 3.03. The second-order valence-corrected chi connectivity index (χ2v) is 5.31. The maximum atomic E-state index is 12.5. The predicted molar refractivity (Wildman–Crippen MR) is 65.1 cm³/mol. The molecule has 0 aromatic carbocycles. The molecule has 3 amide bonds. The highest BCUT2D eigenvalue weighted by molar-refractivity contribution is 6.23. The van der Waals surface area contributed by atoms with Gasteiger partial charge in [0, 0.05) is 13.1 Å². The van der Waals surface area contributed by atoms with Crippen molar-refractivity contribution in [1.82, 2.24) is 15.1 Å². The van der Waals surface area contributed by atoms with Crippen molar-refractivity contribution in [1.29, 1.82) is 0 Å². The molecule has 6 nitrogen and oxygen atoms in total. The summed E-state index contributed by atoms with van der Waals surface area (Å²) in [6.07, 6.45) is 2.00. The molecule has 6 heteroatoms. The summed E-state index contributed by atoms with van der Waals surface area (Å²) in [5.41, 5.74) is 0.0445. The number of nitrogens with zero attached hydrogens (tertiary/aromatic N) is 3. The summed E-state index contributed by atoms with van der Waals surface area (Å²) in [5.74, 6) is 0.630. The standard InChI is InChI=1S/C12H16N4O2/c1-7-6-9(15(3)14-7)16-10(17)12(2,8-4-5-8)13-11(16)18/h6,8H,4-5H2,1-3H3,(H,13,18). The number of urea groups is 1. The van der Waals surface area contributed by atoms with Gasteiger partial charge < -0.3 is 5.32 Å². The van der Waals surface area contributed by atoms with Crippen molar-refractivity contribution in [3.63, 3.8) is 0 Å². The van der Waals surface area contributed by atoms with Crippen LogP contribution in [-0.2, 0) is 11.8 Å². The van der Waals surface area contributed by atoms with Gasteiger partial charge in [-0.1, -0.05) is 0 Å². The van der Waals surface area contributed by atoms with E-state index in [2.05, 4.69) is 10.4 Å². The van der Waals surface area contributed by atoms with Crippen LogP contribution >= 0.6 is 0 Å². The van der Waals surface area contributed by atoms with Crippen LogP contribution in [-0.4, -0.2) is 27.3 Å². The van der Waals surface area contributed by atoms with Gasteiger partial charge in [-0.15, -0.1) is 0 Å². The fourth-order valence-electron chi connectivity index (χ4n) is 2.61. The predicted octanol–water partition coefficient (Wildman–Crippen LogP) is 0.953. The maximum Gasteiger partial charge on any atom is 0.330 e. The maximum absolute atomic E-state index is 12.5. The number of hydrogen-bond acceptors (Lipinski definition) is 3. The number of hydrogen-bond donors (Lipinski definition) is 1. The second-order valence-electron chi connectivity index (χ2n) is 5.31. The van der Waals surface area contributed by atoms with Crippen LogP contribution in [0.2, 0.25) is 0 Å². The lowest BCUT2D eigenvalue weighted by molar-refractivity contribution is -0.122. The first-order valence-corrected chi connectivity index (χ1v) is 6.11. The smallest absolute Gasteiger partial charge is 0.323 e. The molecule has 1 aliphatic carbocycles. The summed E-state index contributed by atoms with van der Waals surface area (Å²) >= 11 is 0. The van der Waals surface area contributed by atoms with E-state index in [1.807, 2.05) is 13.8 Å². The third-order valence-corrected chi connectivity index (χ3v) is 3.82. The minimum atomic E-state index is -0.741. The Kier molecular flexibility index (Phi) is 2.09. The molecule has 96 valence electrons. The number of rotatable bonds is 2. The molecule has 1 aromatic heterocycles. The van der Waals surface area contributed by atoms with Gasteiger partial charge in [0.05, 0.1) is 5.69 Å². The van der Waals surface area contributed by atoms with E-state index >= 15 is 0 Å². The highest BCUT2D eigenvalue weighted by Crippen LogP contribution is 2.43. The molecule has 0 radical (unpaired) electrons. The lowest BCUT2D eigenvalue weighted by Gasteiger charge is -2.20. The molecular formula is C12H16N4O2. The highest BCUT2D eigenvalue weighted by atomic mass is 16.2. The quantitative estimate of drug-likeness (QED) is 0.792. The molecule has 1 saturated carbocycles. The summed E-state index contributed by atoms with van der Waals surface area (Å²) in [6.45, 7) is 3.65. The first-order chi connectivity index (χ1) is 8.43. The summed E-state index contributed by atoms with van der Waals surface area (Å²) in [7, 11) is 1.73. The molecule has 0 spiro atoms. The Bertz CT molecular complexity index is 546. The van der Waals surface area contributed by atoms with Gasteiger partial charge in [0.15, 0.2) is 0 Å². The Morgan fingerprint density at radius 2 is 2.11 bits per heavy atom. The van der Waals surface area contributed by atoms with Crippen LogP contribution in [0.5, 0.6) is 0 Å². The van der Waals surface area contributed by atoms with E-state index in [1.54, 1.807) is 17.8 Å². The van der Waals surface area contributed by atoms with E-state index in [9.17, 15) is 9.59 Å². The van der Waals surface area contributed by atoms with Crippen molar-refractivity contribution in [2.45, 2.75) is 32.2 Å². The van der Waals surface area contributed by atoms with E-state index in [4.69, 9.17) is 0 Å². The van der Waals surface area contributed by atoms with Crippen LogP contribution < -0.4 is 10.2 Å². The molecule has 3 rings (SSSR count). The van der Waals surface area contributed by atoms with Gasteiger partial charge in [-0.05, 0) is 32.6 Å². The minimum Gasteiger partial charge on any atom is -0.323 e. The molecule has 1 N–H and O–H groups in total. The van der Waals surface area contributed by atoms with E-state index in [0.29, 0.717) is 5.82 Å². The lowest BCUT2D eigenvalue weighted by Crippen LogP contribution is -2.46. The first-order valence-electron chi connectivity index (χ1n) is 6.11. The van der Waals surface area contributed by atoms with Gasteiger partial charge in [0.2, 0.25) is 0 Å². The largest absolute Gasteiger partial charge is 0.330 e. The summed E-state index contributed by atoms with van der Waals surface area (Å²) < 4.78 is 1.56. The van der Waals surface area contributed by atoms with Gasteiger partial charge >= 0.3 is 6.03 Å². The van der Waals surface area contributed by atoms with Gasteiger partial charge in [-0.3, -0.25) is 9.48 Å². The van der Waals surface area contributed by atoms with Crippen molar-refractivity contribution in [3.8, 4) is 0 Å². The van der Waals surface area contributed by atoms with Crippen LogP contribution in [0.1, 0.15) is 25.5 Å². The Morgan fingerprint density at radius 3 is 2.61 bits per heavy atom. The van der Waals surface area contributed by atoms with Crippen molar-refractivity contribution in [2.75, 3.05) is 4.90 Å². The second kappa shape index (κ2) is 3.34. The minimum absolute atomic E-state index is 0.169. The van der Waals surface area contributed by atoms with Gasteiger partial charge in [-0.25, -0.2) is 9.69 Å². The molecule has 2 fully saturated rings. The lowest BCUT2D eigenvalue weighted by atomic mass is 9.96. The summed E-state index contributed by atoms with van der Waals surface area (Å²) in [6, 6.07) is 1.40. The third kappa shape index (κ3) is 1.38. The Morgan fingerprint density at radius 1 is 1.44 bits per heavy atom. The number of anilines is 1. The number of aromatic nitrogens is 2. The molecule has 0 bridgehead atoms. The van der Waals surface area contributed by atoms with Crippen molar-refractivity contribution in [2.24, 2.45) is 13.0 Å². The molecular weight excluding hydrogens is 232 g/mol. The van der Waals surface area contributed by atoms with Gasteiger partial charge in [0.1, 0.15) is 11.4 Å². The third-order valence-electron chi connectivity index (χ3n) is 3.82. The van der Waals surface area contributed by atoms with Crippen LogP contribution in [0.25, 0.3) is 0 Å². The fourth-order valence-corrected chi connectivity index (χ4v) is 2.61. The molecule has 1 unspecified atom stereocenters. The van der Waals surface area contributed by atoms with E-state index < -0.39 is 5.54 Å². The zero-order valence-corrected chi connectivity index (χ0v) is 10.7. The van der Waals surface area contributed by atoms with Crippen LogP contribution in [0.3, 0.4) is 0 Å². The number of imide groups is 1. The number of nitrogens with one attached hydrogen (secondary N) is 1. The van der Waals surface area contributed by atoms with Crippen LogP contribution in [0, 0.1) is 12.8 Å². The van der Waals surface area contributed by atoms with Gasteiger partial charge in [-0.2, -0.15) is 5.10 Å². The molecule has 2 heterocycles. The molecule has 1 aliphatic heterocycles. The monoisotopic (exact) mass is 248 g/mol. The SMILES string of the molecule is Cc1cc(N2C(=O)NC(C)(C3CC3)C2=O)n(C)n1. The summed E-state index contributed by atoms with van der Waals surface area (Å²) in [4.78, 5) is 25.7. The molecule has 1 saturated heterocycles. The molecule has 1 aromatic rings. The van der Waals surface area contributed by atoms with Crippen molar-refractivity contribution in [3.05, 3.63) is 11.8 Å². The van der Waals surface area contributed by atoms with Crippen LogP contribution in [0.15, 0.2) is 6.07 Å². The van der Waals surface area contributed by atoms with E-state index in [-0.39, 0.29) is 17.9 Å². The normalized spacial score (nSPS) is 27.8. The highest BCUT2D eigenvalue weighted by Gasteiger charge is 2.56. The molecule has 2 aliphatic rings. The number of amides is 3. The summed E-state index contributed by atoms with van der Waals surface area (Å²) in [5, 5.41) is 7.00. The van der Waals surface area contributed by atoms with Crippen molar-refractivity contribution >= 4 is 17.8 Å². The van der Waals surface area contributed by atoms with Crippen molar-refractivity contribution < 1.29 is 9.59 Å². The fraction of sp³-hybridized carbons (Fsp3) is 0.583. The molecule has 18 heavy (non-hydrogen) atoms. The zero-order valence-electron chi connectivity index (χ0n) is 10.7. The number of carbonyl (C=O) groups is 2. The average molecular weight is 248 g/mol. The zero-order chi connectivity index (χ0) is 13.1. The number of carbonyl (C=O) groups excluding carboxylic acids is 2. The first kappa shape index (κ1) is 11.3. The molecule has 1 atom stereocenters. The van der Waals surface area contributed by atoms with E-state index in [0.717, 1.165) is 18.5 Å². The Hall–Kier alpha value is -1.85. The Labute approximate surface area is 105 Å². The van der Waals surface area contributed by atoms with E-state index in [1.165, 1.54) is 4.90 Å². The van der Waals surface area contributed by atoms with Gasteiger partial charge in [0.25, 0.3) is 5.91 Å².